The summed E-state index contributed by atoms with van der Waals surface area (Å²) in [6.45, 7) is 5.61. The third-order valence-corrected chi connectivity index (χ3v) is 5.31. The van der Waals surface area contributed by atoms with Crippen LogP contribution < -0.4 is 16.0 Å². The lowest BCUT2D eigenvalue weighted by Gasteiger charge is -2.09. The van der Waals surface area contributed by atoms with Crippen molar-refractivity contribution >= 4 is 45.9 Å². The van der Waals surface area contributed by atoms with Crippen molar-refractivity contribution < 1.29 is 19.1 Å². The highest BCUT2D eigenvalue weighted by Gasteiger charge is 2.07. The minimum absolute atomic E-state index is 0.260. The third-order valence-electron chi connectivity index (χ3n) is 5.31. The van der Waals surface area contributed by atoms with Gasteiger partial charge in [0.2, 0.25) is 0 Å². The fourth-order valence-corrected chi connectivity index (χ4v) is 3.46. The summed E-state index contributed by atoms with van der Waals surface area (Å²) in [5, 5.41) is 10.2. The van der Waals surface area contributed by atoms with Crippen molar-refractivity contribution in [2.45, 2.75) is 26.7 Å². The average Bonchev–Trinajstić information content (AvgIpc) is 2.87. The number of aryl methyl sites for hydroxylation is 2. The van der Waals surface area contributed by atoms with Crippen LogP contribution in [-0.2, 0) is 9.47 Å². The van der Waals surface area contributed by atoms with Gasteiger partial charge < -0.3 is 14.8 Å². The van der Waals surface area contributed by atoms with Gasteiger partial charge in [-0.2, -0.15) is 0 Å². The molecule has 4 aromatic rings. The Morgan fingerprint density at radius 2 is 1.08 bits per heavy atom. The van der Waals surface area contributed by atoms with Gasteiger partial charge in [-0.1, -0.05) is 0 Å². The Kier molecular flexibility index (Phi) is 8.71. The fraction of sp³-hybridized carbons (Fsp3) is 0.308. The van der Waals surface area contributed by atoms with Crippen LogP contribution in [0.2, 0.25) is 0 Å². The van der Waals surface area contributed by atoms with Crippen LogP contribution >= 0.6 is 0 Å². The van der Waals surface area contributed by atoms with Gasteiger partial charge in [-0.3, -0.25) is 10.6 Å². The van der Waals surface area contributed by atoms with Gasteiger partial charge in [0.05, 0.1) is 13.2 Å². The van der Waals surface area contributed by atoms with Gasteiger partial charge in [0.15, 0.2) is 11.3 Å². The molecule has 0 fully saturated rings. The van der Waals surface area contributed by atoms with Gasteiger partial charge >= 0.3 is 12.2 Å². The molecule has 0 aliphatic heterocycles. The quantitative estimate of drug-likeness (QED) is 0.212. The first-order chi connectivity index (χ1) is 18.0. The minimum atomic E-state index is -0.564. The van der Waals surface area contributed by atoms with E-state index in [-0.39, 0.29) is 13.2 Å². The molecule has 0 saturated carbocycles. The molecule has 2 amide bonds. The average molecular weight is 506 g/mol. The zero-order valence-electron chi connectivity index (χ0n) is 20.8. The molecule has 0 aliphatic rings. The summed E-state index contributed by atoms with van der Waals surface area (Å²) >= 11 is 0. The van der Waals surface area contributed by atoms with E-state index < -0.39 is 12.2 Å². The van der Waals surface area contributed by atoms with Gasteiger partial charge in [-0.15, -0.1) is 0 Å². The summed E-state index contributed by atoms with van der Waals surface area (Å²) in [5.41, 5.74) is 2.85. The molecule has 4 aromatic heterocycles. The monoisotopic (exact) mass is 505 g/mol. The lowest BCUT2D eigenvalue weighted by atomic mass is 10.2. The van der Waals surface area contributed by atoms with E-state index >= 15 is 0 Å². The molecule has 0 radical (unpaired) electrons. The molecule has 11 heteroatoms. The lowest BCUT2D eigenvalue weighted by molar-refractivity contribution is 0.158. The van der Waals surface area contributed by atoms with Gasteiger partial charge in [0.1, 0.15) is 11.6 Å². The number of hydrogen-bond donors (Lipinski definition) is 3. The molecule has 0 aromatic carbocycles. The molecule has 0 bridgehead atoms. The largest absolute Gasteiger partial charge is 0.449 e. The van der Waals surface area contributed by atoms with E-state index in [0.29, 0.717) is 48.9 Å². The number of anilines is 2. The van der Waals surface area contributed by atoms with E-state index in [1.165, 1.54) is 0 Å². The summed E-state index contributed by atoms with van der Waals surface area (Å²) in [4.78, 5) is 41.3. The Morgan fingerprint density at radius 1 is 0.649 bits per heavy atom. The van der Waals surface area contributed by atoms with E-state index in [9.17, 15) is 9.59 Å². The van der Waals surface area contributed by atoms with E-state index in [2.05, 4.69) is 35.9 Å². The molecule has 0 atom stereocenters. The summed E-state index contributed by atoms with van der Waals surface area (Å²) in [6, 6.07) is 14.8. The van der Waals surface area contributed by atoms with E-state index in [1.807, 2.05) is 50.2 Å². The fourth-order valence-electron chi connectivity index (χ4n) is 3.46. The first-order valence-corrected chi connectivity index (χ1v) is 12.0. The third kappa shape index (κ3) is 7.80. The van der Waals surface area contributed by atoms with Crippen molar-refractivity contribution in [2.24, 2.45) is 0 Å². The smallest absolute Gasteiger partial charge is 0.412 e. The Morgan fingerprint density at radius 3 is 1.54 bits per heavy atom. The van der Waals surface area contributed by atoms with Crippen molar-refractivity contribution in [3.05, 3.63) is 59.9 Å². The van der Waals surface area contributed by atoms with Crippen molar-refractivity contribution in [1.82, 2.24) is 25.3 Å². The normalized spacial score (nSPS) is 10.9. The predicted molar refractivity (Wildman–Crippen MR) is 141 cm³/mol. The summed E-state index contributed by atoms with van der Waals surface area (Å²) in [7, 11) is 0. The number of amides is 2. The van der Waals surface area contributed by atoms with Crippen LogP contribution in [0, 0.1) is 13.8 Å². The molecular weight excluding hydrogens is 476 g/mol. The van der Waals surface area contributed by atoms with E-state index in [1.54, 1.807) is 12.1 Å². The Hall–Kier alpha value is -4.38. The first kappa shape index (κ1) is 25.7. The molecule has 37 heavy (non-hydrogen) atoms. The second-order valence-electron chi connectivity index (χ2n) is 8.37. The molecule has 0 spiro atoms. The summed E-state index contributed by atoms with van der Waals surface area (Å²) < 4.78 is 10.4. The molecule has 11 nitrogen and oxygen atoms in total. The number of nitrogens with zero attached hydrogens (tertiary/aromatic N) is 4. The Labute approximate surface area is 214 Å². The molecule has 4 rings (SSSR count). The molecule has 3 N–H and O–H groups in total. The van der Waals surface area contributed by atoms with E-state index in [4.69, 9.17) is 9.47 Å². The number of rotatable bonds is 10. The van der Waals surface area contributed by atoms with Crippen LogP contribution in [0.3, 0.4) is 0 Å². The van der Waals surface area contributed by atoms with Crippen molar-refractivity contribution in [1.29, 1.82) is 0 Å². The molecular formula is C26H29N7O4. The Bertz CT molecular complexity index is 1290. The van der Waals surface area contributed by atoms with Gasteiger partial charge in [0, 0.05) is 22.2 Å². The molecule has 192 valence electrons. The highest BCUT2D eigenvalue weighted by molar-refractivity contribution is 5.86. The number of hydrogen-bond acceptors (Lipinski definition) is 9. The molecule has 0 aliphatic carbocycles. The maximum absolute atomic E-state index is 12.0. The topological polar surface area (TPSA) is 140 Å². The number of aromatic nitrogens is 4. The van der Waals surface area contributed by atoms with Crippen LogP contribution in [0.1, 0.15) is 24.2 Å². The van der Waals surface area contributed by atoms with Gasteiger partial charge in [-0.05, 0) is 88.3 Å². The van der Waals surface area contributed by atoms with Crippen LogP contribution in [-0.4, -0.2) is 58.4 Å². The van der Waals surface area contributed by atoms with Crippen LogP contribution in [0.25, 0.3) is 22.1 Å². The minimum Gasteiger partial charge on any atom is -0.449 e. The number of carbonyl (C=O) groups excluding carboxylic acids is 2. The van der Waals surface area contributed by atoms with E-state index in [0.717, 1.165) is 22.2 Å². The molecule has 4 heterocycles. The standard InChI is InChI=1S/C26H29N7O4/c1-17-5-7-19-9-11-21(30-23(19)28-17)32-25(34)36-15-3-13-27-14-4-16-37-26(35)33-22-12-10-20-8-6-18(2)29-24(20)31-22/h5-12,27H,3-4,13-16H2,1-2H3,(H,28,30,32,34)(H,29,31,33,35)/i32+1,33+1. The second kappa shape index (κ2) is 12.5. The SMILES string of the molecule is Cc1ccc2ccc([15NH]C(=O)OCCCNCCCOC(=O)[15NH]c3ccc4ccc(C)nc4n3)nc2n1. The van der Waals surface area contributed by atoms with Crippen LogP contribution in [0.5, 0.6) is 0 Å². The number of nitrogens with one attached hydrogen (secondary N) is 3. The Balaban J connectivity index is 1.04. The summed E-state index contributed by atoms with van der Waals surface area (Å²) in [5.74, 6) is 0.779. The number of fused-ring (bicyclic) bond motifs is 2. The van der Waals surface area contributed by atoms with Gasteiger partial charge in [0.25, 0.3) is 0 Å². The zero-order valence-corrected chi connectivity index (χ0v) is 20.8. The van der Waals surface area contributed by atoms with Crippen molar-refractivity contribution in [3.63, 3.8) is 0 Å². The predicted octanol–water partition coefficient (Wildman–Crippen LogP) is 4.36. The van der Waals surface area contributed by atoms with Gasteiger partial charge in [-0.25, -0.2) is 29.5 Å². The number of carbonyl (C=O) groups is 2. The highest BCUT2D eigenvalue weighted by Crippen LogP contribution is 2.15. The number of ether oxygens (including phenoxy) is 2. The zero-order chi connectivity index (χ0) is 26.0. The molecule has 0 saturated heterocycles. The first-order valence-electron chi connectivity index (χ1n) is 12.0. The second-order valence-corrected chi connectivity index (χ2v) is 8.37. The maximum atomic E-state index is 12.0. The lowest BCUT2D eigenvalue weighted by Crippen LogP contribution is -2.22. The number of pyridine rings is 4. The molecule has 0 unspecified atom stereocenters. The van der Waals surface area contributed by atoms with Crippen LogP contribution in [0.4, 0.5) is 21.2 Å². The highest BCUT2D eigenvalue weighted by atomic mass is 16.6. The maximum Gasteiger partial charge on any atom is 0.412 e. The van der Waals surface area contributed by atoms with Crippen molar-refractivity contribution in [2.75, 3.05) is 36.9 Å². The summed E-state index contributed by atoms with van der Waals surface area (Å²) in [6.07, 6.45) is 0.153. The van der Waals surface area contributed by atoms with Crippen LogP contribution in [0.15, 0.2) is 48.5 Å². The van der Waals surface area contributed by atoms with Crippen molar-refractivity contribution in [3.8, 4) is 0 Å².